The van der Waals surface area contributed by atoms with Crippen molar-refractivity contribution in [2.45, 2.75) is 25.4 Å². The van der Waals surface area contributed by atoms with Gasteiger partial charge in [0.1, 0.15) is 0 Å². The topological polar surface area (TPSA) is 89.2 Å². The molecule has 1 atom stereocenters. The monoisotopic (exact) mass is 526 g/mol. The molecule has 1 unspecified atom stereocenters. The number of aryl methyl sites for hydroxylation is 3. The molecule has 37 heavy (non-hydrogen) atoms. The lowest BCUT2D eigenvalue weighted by molar-refractivity contribution is -0.105. The van der Waals surface area contributed by atoms with Gasteiger partial charge in [-0.3, -0.25) is 4.98 Å². The van der Waals surface area contributed by atoms with Crippen LogP contribution in [-0.2, 0) is 12.6 Å². The van der Waals surface area contributed by atoms with E-state index < -0.39 is 24.6 Å². The van der Waals surface area contributed by atoms with Crippen LogP contribution in [0.2, 0.25) is 5.02 Å². The minimum absolute atomic E-state index is 0.176. The Morgan fingerprint density at radius 2 is 1.92 bits per heavy atom. The van der Waals surface area contributed by atoms with Crippen LogP contribution in [-0.4, -0.2) is 61.1 Å². The fourth-order valence-corrected chi connectivity index (χ4v) is 5.16. The van der Waals surface area contributed by atoms with Crippen molar-refractivity contribution in [2.75, 3.05) is 20.2 Å². The molecule has 4 heterocycles. The van der Waals surface area contributed by atoms with Crippen LogP contribution >= 0.6 is 11.6 Å². The number of hydrogen-bond donors (Lipinski definition) is 1. The van der Waals surface area contributed by atoms with Gasteiger partial charge >= 0.3 is 0 Å². The Labute approximate surface area is 217 Å². The van der Waals surface area contributed by atoms with Crippen molar-refractivity contribution < 1.29 is 18.6 Å². The van der Waals surface area contributed by atoms with Gasteiger partial charge in [0, 0.05) is 35.1 Å². The Morgan fingerprint density at radius 1 is 1.19 bits per heavy atom. The molecule has 11 heteroatoms. The van der Waals surface area contributed by atoms with Gasteiger partial charge in [-0.2, -0.15) is 0 Å². The van der Waals surface area contributed by atoms with E-state index in [0.717, 1.165) is 5.69 Å². The van der Waals surface area contributed by atoms with Gasteiger partial charge in [0.2, 0.25) is 5.88 Å². The van der Waals surface area contributed by atoms with Crippen LogP contribution in [0.5, 0.6) is 5.88 Å². The van der Waals surface area contributed by atoms with E-state index in [-0.39, 0.29) is 16.6 Å². The lowest BCUT2D eigenvalue weighted by Crippen LogP contribution is -2.54. The third kappa shape index (κ3) is 4.00. The van der Waals surface area contributed by atoms with E-state index in [1.807, 2.05) is 26.0 Å². The number of ether oxygens (including phenoxy) is 1. The number of hydrogen-bond acceptors (Lipinski definition) is 7. The van der Waals surface area contributed by atoms with Crippen LogP contribution in [0.1, 0.15) is 33.8 Å². The number of likely N-dealkylation sites (tertiary alicyclic amines) is 1. The van der Waals surface area contributed by atoms with Crippen LogP contribution in [0, 0.1) is 13.8 Å². The predicted octanol–water partition coefficient (Wildman–Crippen LogP) is 4.24. The summed E-state index contributed by atoms with van der Waals surface area (Å²) in [6.45, 7) is 6.76. The number of methoxy groups -OCH3 is 1. The minimum atomic E-state index is -2.78. The molecule has 5 rings (SSSR count). The molecular formula is C26H25ClF2N6O2. The highest BCUT2D eigenvalue weighted by Crippen LogP contribution is 2.44. The molecule has 0 spiro atoms. The van der Waals surface area contributed by atoms with E-state index in [9.17, 15) is 13.9 Å². The van der Waals surface area contributed by atoms with Crippen molar-refractivity contribution in [3.05, 3.63) is 81.9 Å². The lowest BCUT2D eigenvalue weighted by atomic mass is 9.82. The smallest absolute Gasteiger partial charge is 0.282 e. The first-order valence-electron chi connectivity index (χ1n) is 11.5. The van der Waals surface area contributed by atoms with Gasteiger partial charge in [-0.15, -0.1) is 5.10 Å². The maximum Gasteiger partial charge on any atom is 0.282 e. The van der Waals surface area contributed by atoms with Crippen molar-refractivity contribution >= 4 is 28.2 Å². The zero-order valence-electron chi connectivity index (χ0n) is 20.8. The lowest BCUT2D eigenvalue weighted by Gasteiger charge is -2.41. The zero-order valence-corrected chi connectivity index (χ0v) is 21.5. The summed E-state index contributed by atoms with van der Waals surface area (Å²) >= 11 is 6.87. The van der Waals surface area contributed by atoms with Crippen molar-refractivity contribution in [1.82, 2.24) is 29.9 Å². The number of pyridine rings is 2. The average Bonchev–Trinajstić information content (AvgIpc) is 3.27. The van der Waals surface area contributed by atoms with Crippen LogP contribution in [0.25, 0.3) is 16.6 Å². The predicted molar refractivity (Wildman–Crippen MR) is 136 cm³/mol. The molecule has 0 bridgehead atoms. The summed E-state index contributed by atoms with van der Waals surface area (Å²) in [6, 6.07) is 8.82. The quantitative estimate of drug-likeness (QED) is 0.402. The number of benzene rings is 1. The fraction of sp³-hybridized carbons (Fsp3) is 0.308. The van der Waals surface area contributed by atoms with Crippen LogP contribution in [0.4, 0.5) is 8.78 Å². The van der Waals surface area contributed by atoms with Gasteiger partial charge in [-0.1, -0.05) is 35.5 Å². The molecular weight excluding hydrogens is 502 g/mol. The summed E-state index contributed by atoms with van der Waals surface area (Å²) in [4.78, 5) is 10.5. The molecule has 0 amide bonds. The number of fused-ring (bicyclic) bond motifs is 1. The van der Waals surface area contributed by atoms with Gasteiger partial charge in [-0.25, -0.2) is 18.4 Å². The summed E-state index contributed by atoms with van der Waals surface area (Å²) in [6.07, 6.45) is 1.49. The van der Waals surface area contributed by atoms with Crippen LogP contribution < -0.4 is 4.74 Å². The third-order valence-corrected chi connectivity index (χ3v) is 7.11. The molecule has 1 N–H and O–H groups in total. The number of alkyl halides is 2. The number of halogens is 3. The second-order valence-corrected chi connectivity index (χ2v) is 9.62. The molecule has 1 saturated heterocycles. The second-order valence-electron chi connectivity index (χ2n) is 9.24. The molecule has 3 aromatic heterocycles. The Hall–Kier alpha value is -3.63. The van der Waals surface area contributed by atoms with Crippen LogP contribution in [0.3, 0.4) is 0 Å². The van der Waals surface area contributed by atoms with Crippen molar-refractivity contribution in [3.63, 3.8) is 0 Å². The highest BCUT2D eigenvalue weighted by Gasteiger charge is 2.45. The summed E-state index contributed by atoms with van der Waals surface area (Å²) in [5.74, 6) is -2.61. The molecule has 1 aromatic carbocycles. The Kier molecular flexibility index (Phi) is 5.91. The molecule has 1 aliphatic rings. The van der Waals surface area contributed by atoms with E-state index >= 15 is 0 Å². The largest absolute Gasteiger partial charge is 0.480 e. The first-order valence-corrected chi connectivity index (χ1v) is 11.9. The molecule has 0 saturated carbocycles. The summed E-state index contributed by atoms with van der Waals surface area (Å²) in [5.41, 5.74) is 2.32. The van der Waals surface area contributed by atoms with Gasteiger partial charge in [0.25, 0.3) is 5.92 Å². The minimum Gasteiger partial charge on any atom is -0.480 e. The summed E-state index contributed by atoms with van der Waals surface area (Å²) < 4.78 is 34.1. The zero-order chi connectivity index (χ0) is 26.7. The van der Waals surface area contributed by atoms with E-state index in [4.69, 9.17) is 16.3 Å². The SMILES string of the molecule is C=C(c1c(OC)nc2ccc(C(O)(c3ccc(C)nc3C)c3cnnn3C)cc2c1Cl)N1CC(F)(F)C1. The Morgan fingerprint density at radius 3 is 2.51 bits per heavy atom. The maximum atomic E-state index is 13.6. The second kappa shape index (κ2) is 8.74. The molecule has 1 fully saturated rings. The molecule has 0 aliphatic carbocycles. The Bertz CT molecular complexity index is 1550. The fourth-order valence-electron chi connectivity index (χ4n) is 4.81. The molecule has 8 nitrogen and oxygen atoms in total. The third-order valence-electron chi connectivity index (χ3n) is 6.71. The number of aromatic nitrogens is 5. The van der Waals surface area contributed by atoms with E-state index in [0.29, 0.717) is 39.0 Å². The van der Waals surface area contributed by atoms with Crippen molar-refractivity contribution in [1.29, 1.82) is 0 Å². The highest BCUT2D eigenvalue weighted by molar-refractivity contribution is 6.37. The first-order chi connectivity index (χ1) is 17.5. The van der Waals surface area contributed by atoms with Gasteiger partial charge in [-0.05, 0) is 37.6 Å². The number of nitrogens with zero attached hydrogens (tertiary/aromatic N) is 6. The average molecular weight is 527 g/mol. The van der Waals surface area contributed by atoms with Gasteiger partial charge in [0.05, 0.1) is 48.2 Å². The highest BCUT2D eigenvalue weighted by atomic mass is 35.5. The van der Waals surface area contributed by atoms with E-state index in [1.165, 1.54) is 22.9 Å². The molecule has 1 aliphatic heterocycles. The van der Waals surface area contributed by atoms with E-state index in [2.05, 4.69) is 26.9 Å². The molecule has 0 radical (unpaired) electrons. The summed E-state index contributed by atoms with van der Waals surface area (Å²) in [7, 11) is 3.12. The summed E-state index contributed by atoms with van der Waals surface area (Å²) in [5, 5.41) is 21.1. The van der Waals surface area contributed by atoms with Crippen LogP contribution in [0.15, 0.2) is 43.1 Å². The standard InChI is InChI=1S/C26H25ClF2N6O2/c1-14-6-8-19(15(2)31-14)26(36,21-11-30-33-34(21)4)17-7-9-20-18(10-17)23(27)22(24(32-20)37-5)16(3)35-12-25(28,29)13-35/h6-11,36H,3,12-13H2,1-2,4-5H3. The van der Waals surface area contributed by atoms with Gasteiger partial charge < -0.3 is 14.7 Å². The van der Waals surface area contributed by atoms with Crippen molar-refractivity contribution in [3.8, 4) is 5.88 Å². The van der Waals surface area contributed by atoms with Crippen molar-refractivity contribution in [2.24, 2.45) is 7.05 Å². The number of aliphatic hydroxyl groups is 1. The Balaban J connectivity index is 1.72. The van der Waals surface area contributed by atoms with E-state index in [1.54, 1.807) is 25.2 Å². The first kappa shape index (κ1) is 25.0. The maximum absolute atomic E-state index is 13.6. The molecule has 4 aromatic rings. The molecule has 192 valence electrons. The number of rotatable bonds is 6. The van der Waals surface area contributed by atoms with Gasteiger partial charge in [0.15, 0.2) is 5.60 Å². The normalized spacial score (nSPS) is 16.4.